The predicted molar refractivity (Wildman–Crippen MR) is 274 cm³/mol. The number of anilines is 2. The minimum atomic E-state index is -0.0588. The van der Waals surface area contributed by atoms with Crippen molar-refractivity contribution in [3.05, 3.63) is 248 Å². The standard InChI is InChI=1S/C62H42N2O/c1-3-17-48-43(14-1)16-13-22-49(48)45-30-28-41(29-31-45)42-32-36-47(37-33-42)63(59-26-11-12-27-60(59)64-57-24-9-6-20-52(57)53-21-7-10-25-58(53)64)56-23-8-5-18-50(56)46-35-39-61-55(40-46)54-38-34-44-15-2-4-19-51(44)62(54)65-61/h1-40,50,56H. The Morgan fingerprint density at radius 2 is 1.02 bits per heavy atom. The fourth-order valence-electron chi connectivity index (χ4n) is 10.5. The highest BCUT2D eigenvalue weighted by atomic mass is 16.3. The lowest BCUT2D eigenvalue weighted by molar-refractivity contribution is 0.670. The molecular weight excluding hydrogens is 789 g/mol. The summed E-state index contributed by atoms with van der Waals surface area (Å²) in [6.45, 7) is 0. The Balaban J connectivity index is 0.953. The summed E-state index contributed by atoms with van der Waals surface area (Å²) in [5.74, 6) is 0.0299. The normalized spacial score (nSPS) is 15.0. The van der Waals surface area contributed by atoms with E-state index in [0.29, 0.717) is 0 Å². The maximum atomic E-state index is 6.60. The molecule has 0 radical (unpaired) electrons. The predicted octanol–water partition coefficient (Wildman–Crippen LogP) is 16.7. The van der Waals surface area contributed by atoms with Crippen LogP contribution in [-0.4, -0.2) is 10.6 Å². The quantitative estimate of drug-likeness (QED) is 0.160. The monoisotopic (exact) mass is 830 g/mol. The summed E-state index contributed by atoms with van der Waals surface area (Å²) in [7, 11) is 0. The second kappa shape index (κ2) is 15.1. The molecule has 1 aliphatic rings. The highest BCUT2D eigenvalue weighted by Crippen LogP contribution is 2.44. The Kier molecular flexibility index (Phi) is 8.67. The Hall–Kier alpha value is -8.40. The molecule has 3 nitrogen and oxygen atoms in total. The minimum absolute atomic E-state index is 0.0299. The van der Waals surface area contributed by atoms with Crippen LogP contribution >= 0.6 is 0 Å². The number of para-hydroxylation sites is 4. The zero-order valence-electron chi connectivity index (χ0n) is 35.6. The van der Waals surface area contributed by atoms with E-state index in [4.69, 9.17) is 4.42 Å². The molecule has 2 aromatic heterocycles. The van der Waals surface area contributed by atoms with E-state index in [9.17, 15) is 0 Å². The summed E-state index contributed by atoms with van der Waals surface area (Å²) in [6.07, 6.45) is 9.15. The van der Waals surface area contributed by atoms with Gasteiger partial charge in [0.25, 0.3) is 0 Å². The Morgan fingerprint density at radius 3 is 1.78 bits per heavy atom. The molecule has 2 unspecified atom stereocenters. The van der Waals surface area contributed by atoms with Gasteiger partial charge in [-0.1, -0.05) is 188 Å². The van der Waals surface area contributed by atoms with E-state index >= 15 is 0 Å². The number of aromatic nitrogens is 1. The van der Waals surface area contributed by atoms with Gasteiger partial charge in [0.05, 0.1) is 28.5 Å². The highest BCUT2D eigenvalue weighted by Gasteiger charge is 2.31. The molecule has 2 heterocycles. The molecular formula is C62H42N2O. The molecule has 306 valence electrons. The first-order chi connectivity index (χ1) is 32.2. The lowest BCUT2D eigenvalue weighted by Gasteiger charge is -2.38. The van der Waals surface area contributed by atoms with E-state index in [2.05, 4.69) is 252 Å². The molecule has 12 aromatic rings. The molecule has 65 heavy (non-hydrogen) atoms. The molecule has 10 aromatic carbocycles. The van der Waals surface area contributed by atoms with Crippen molar-refractivity contribution in [2.45, 2.75) is 12.0 Å². The third-order valence-corrected chi connectivity index (χ3v) is 13.6. The van der Waals surface area contributed by atoms with Crippen molar-refractivity contribution in [3.8, 4) is 27.9 Å². The van der Waals surface area contributed by atoms with Crippen LogP contribution in [0.3, 0.4) is 0 Å². The molecule has 1 aliphatic carbocycles. The Bertz CT molecular complexity index is 3790. The summed E-state index contributed by atoms with van der Waals surface area (Å²) in [5, 5.41) is 9.60. The number of hydrogen-bond donors (Lipinski definition) is 0. The summed E-state index contributed by atoms with van der Waals surface area (Å²) in [6, 6.07) is 79.5. The largest absolute Gasteiger partial charge is 0.455 e. The summed E-state index contributed by atoms with van der Waals surface area (Å²) in [4.78, 5) is 2.56. The topological polar surface area (TPSA) is 21.3 Å². The van der Waals surface area contributed by atoms with Gasteiger partial charge >= 0.3 is 0 Å². The van der Waals surface area contributed by atoms with Crippen molar-refractivity contribution in [3.63, 3.8) is 0 Å². The second-order valence-corrected chi connectivity index (χ2v) is 17.2. The van der Waals surface area contributed by atoms with Crippen LogP contribution in [-0.2, 0) is 0 Å². The average Bonchev–Trinajstić information content (AvgIpc) is 3.93. The number of nitrogens with zero attached hydrogens (tertiary/aromatic N) is 2. The number of hydrogen-bond acceptors (Lipinski definition) is 2. The van der Waals surface area contributed by atoms with E-state index in [1.165, 1.54) is 65.8 Å². The first-order valence-corrected chi connectivity index (χ1v) is 22.5. The molecule has 0 N–H and O–H groups in total. The summed E-state index contributed by atoms with van der Waals surface area (Å²) >= 11 is 0. The lowest BCUT2D eigenvalue weighted by Crippen LogP contribution is -2.36. The van der Waals surface area contributed by atoms with E-state index in [0.717, 1.165) is 44.4 Å². The molecule has 13 rings (SSSR count). The van der Waals surface area contributed by atoms with Crippen LogP contribution in [0.2, 0.25) is 0 Å². The van der Waals surface area contributed by atoms with Gasteiger partial charge in [-0.25, -0.2) is 0 Å². The Morgan fingerprint density at radius 1 is 0.415 bits per heavy atom. The van der Waals surface area contributed by atoms with Crippen LogP contribution in [0, 0.1) is 0 Å². The van der Waals surface area contributed by atoms with Gasteiger partial charge in [0.15, 0.2) is 0 Å². The number of furan rings is 1. The minimum Gasteiger partial charge on any atom is -0.455 e. The van der Waals surface area contributed by atoms with Crippen LogP contribution in [0.15, 0.2) is 247 Å². The van der Waals surface area contributed by atoms with Crippen molar-refractivity contribution in [2.75, 3.05) is 4.90 Å². The zero-order chi connectivity index (χ0) is 42.8. The van der Waals surface area contributed by atoms with E-state index in [1.807, 2.05) is 0 Å². The number of allylic oxidation sites excluding steroid dienone is 2. The first kappa shape index (κ1) is 37.2. The maximum absolute atomic E-state index is 6.60. The van der Waals surface area contributed by atoms with Crippen molar-refractivity contribution in [2.24, 2.45) is 0 Å². The Labute approximate surface area is 377 Å². The van der Waals surface area contributed by atoms with Crippen molar-refractivity contribution in [1.29, 1.82) is 0 Å². The van der Waals surface area contributed by atoms with E-state index in [-0.39, 0.29) is 12.0 Å². The first-order valence-electron chi connectivity index (χ1n) is 22.5. The van der Waals surface area contributed by atoms with Gasteiger partial charge in [-0.05, 0) is 98.6 Å². The maximum Gasteiger partial charge on any atom is 0.143 e. The van der Waals surface area contributed by atoms with Gasteiger partial charge in [0.2, 0.25) is 0 Å². The molecule has 0 fully saturated rings. The van der Waals surface area contributed by atoms with E-state index in [1.54, 1.807) is 0 Å². The molecule has 2 atom stereocenters. The summed E-state index contributed by atoms with van der Waals surface area (Å²) in [5.41, 5.74) is 13.6. The van der Waals surface area contributed by atoms with Gasteiger partial charge in [-0.15, -0.1) is 0 Å². The lowest BCUT2D eigenvalue weighted by atomic mass is 9.85. The molecule has 0 bridgehead atoms. The fraction of sp³-hybridized carbons (Fsp3) is 0.0323. The van der Waals surface area contributed by atoms with Crippen molar-refractivity contribution in [1.82, 2.24) is 4.57 Å². The fourth-order valence-corrected chi connectivity index (χ4v) is 10.5. The van der Waals surface area contributed by atoms with E-state index < -0.39 is 0 Å². The van der Waals surface area contributed by atoms with Crippen LogP contribution < -0.4 is 4.90 Å². The molecule has 0 saturated carbocycles. The zero-order valence-corrected chi connectivity index (χ0v) is 35.6. The van der Waals surface area contributed by atoms with Gasteiger partial charge in [-0.2, -0.15) is 0 Å². The number of fused-ring (bicyclic) bond motifs is 9. The van der Waals surface area contributed by atoms with Crippen LogP contribution in [0.25, 0.3) is 93.2 Å². The van der Waals surface area contributed by atoms with Crippen LogP contribution in [0.1, 0.15) is 11.5 Å². The summed E-state index contributed by atoms with van der Waals surface area (Å²) < 4.78 is 9.05. The molecule has 3 heteroatoms. The molecule has 0 aliphatic heterocycles. The smallest absolute Gasteiger partial charge is 0.143 e. The molecule has 0 amide bonds. The van der Waals surface area contributed by atoms with Gasteiger partial charge < -0.3 is 13.9 Å². The highest BCUT2D eigenvalue weighted by molar-refractivity contribution is 6.15. The van der Waals surface area contributed by atoms with Crippen molar-refractivity contribution >= 4 is 76.7 Å². The van der Waals surface area contributed by atoms with Gasteiger partial charge in [0.1, 0.15) is 11.2 Å². The van der Waals surface area contributed by atoms with Crippen molar-refractivity contribution < 1.29 is 4.42 Å². The molecule has 0 saturated heterocycles. The average molecular weight is 831 g/mol. The van der Waals surface area contributed by atoms with Crippen LogP contribution in [0.5, 0.6) is 0 Å². The second-order valence-electron chi connectivity index (χ2n) is 17.2. The number of rotatable bonds is 7. The SMILES string of the molecule is C1=CC(c2ccc3oc4c5ccccc5ccc4c3c2)C(N(c2ccc(-c3ccc(-c4cccc5ccccc45)cc3)cc2)c2ccccc2-n2c3ccccc3c3ccccc32)C=C1. The number of benzene rings is 10. The molecule has 0 spiro atoms. The van der Waals surface area contributed by atoms with Crippen LogP contribution in [0.4, 0.5) is 11.4 Å². The third kappa shape index (κ3) is 6.12. The third-order valence-electron chi connectivity index (χ3n) is 13.6. The van der Waals surface area contributed by atoms with Gasteiger partial charge in [-0.3, -0.25) is 0 Å². The van der Waals surface area contributed by atoms with Gasteiger partial charge in [0, 0.05) is 38.5 Å².